The zero-order chi connectivity index (χ0) is 12.0. The number of rotatable bonds is 1. The molecule has 1 unspecified atom stereocenters. The van der Waals surface area contributed by atoms with Crippen LogP contribution in [-0.4, -0.2) is 14.7 Å². The Hall–Kier alpha value is -0.780. The van der Waals surface area contributed by atoms with E-state index in [2.05, 4.69) is 20.9 Å². The summed E-state index contributed by atoms with van der Waals surface area (Å²) in [6, 6.07) is 3.59. The highest BCUT2D eigenvalue weighted by Crippen LogP contribution is 2.35. The van der Waals surface area contributed by atoms with Crippen LogP contribution in [0.5, 0.6) is 0 Å². The number of furan rings is 1. The molecule has 0 saturated heterocycles. The largest absolute Gasteiger partial charge is 0.446 e. The van der Waals surface area contributed by atoms with Crippen molar-refractivity contribution in [1.29, 1.82) is 0 Å². The van der Waals surface area contributed by atoms with E-state index < -0.39 is 6.23 Å². The van der Waals surface area contributed by atoms with Crippen molar-refractivity contribution >= 4 is 27.5 Å². The third-order valence-corrected chi connectivity index (χ3v) is 3.66. The van der Waals surface area contributed by atoms with Crippen LogP contribution < -0.4 is 0 Å². The molecule has 0 amide bonds. The van der Waals surface area contributed by atoms with Crippen LogP contribution >= 0.6 is 27.5 Å². The molecular weight excluding hydrogens is 307 g/mol. The van der Waals surface area contributed by atoms with Crippen LogP contribution in [0.2, 0.25) is 5.15 Å². The number of nitrogens with zero attached hydrogens (tertiary/aromatic N) is 2. The van der Waals surface area contributed by atoms with Gasteiger partial charge in [-0.15, -0.1) is 0 Å². The first-order valence-corrected chi connectivity index (χ1v) is 6.54. The van der Waals surface area contributed by atoms with Crippen molar-refractivity contribution in [2.45, 2.75) is 25.5 Å². The maximum Gasteiger partial charge on any atom is 0.180 e. The lowest BCUT2D eigenvalue weighted by molar-refractivity contribution is 0.0802. The molecule has 0 saturated carbocycles. The Morgan fingerprint density at radius 2 is 2.35 bits per heavy atom. The van der Waals surface area contributed by atoms with Crippen molar-refractivity contribution in [2.75, 3.05) is 0 Å². The van der Waals surface area contributed by atoms with Crippen LogP contribution in [0.25, 0.3) is 11.6 Å². The van der Waals surface area contributed by atoms with Crippen LogP contribution in [0.15, 0.2) is 21.2 Å². The minimum absolute atomic E-state index is 0.450. The van der Waals surface area contributed by atoms with Gasteiger partial charge in [-0.25, -0.2) is 4.98 Å². The Labute approximate surface area is 111 Å². The molecule has 90 valence electrons. The first-order valence-electron chi connectivity index (χ1n) is 5.37. The monoisotopic (exact) mass is 316 g/mol. The van der Waals surface area contributed by atoms with E-state index in [4.69, 9.17) is 16.0 Å². The van der Waals surface area contributed by atoms with E-state index in [0.717, 1.165) is 18.5 Å². The molecule has 3 rings (SSSR count). The van der Waals surface area contributed by atoms with Gasteiger partial charge in [0, 0.05) is 0 Å². The van der Waals surface area contributed by atoms with E-state index in [1.807, 2.05) is 0 Å². The predicted molar refractivity (Wildman–Crippen MR) is 66.8 cm³/mol. The van der Waals surface area contributed by atoms with Gasteiger partial charge in [0.1, 0.15) is 6.23 Å². The Bertz CT molecular complexity index is 564. The van der Waals surface area contributed by atoms with E-state index in [1.54, 1.807) is 16.7 Å². The minimum atomic E-state index is -0.572. The van der Waals surface area contributed by atoms with Gasteiger partial charge in [0.05, 0.1) is 5.69 Å². The Balaban J connectivity index is 2.18. The van der Waals surface area contributed by atoms with Crippen molar-refractivity contribution in [2.24, 2.45) is 0 Å². The van der Waals surface area contributed by atoms with E-state index in [0.29, 0.717) is 27.8 Å². The summed E-state index contributed by atoms with van der Waals surface area (Å²) in [6.07, 6.45) is 1.91. The fourth-order valence-electron chi connectivity index (χ4n) is 2.17. The molecule has 0 bridgehead atoms. The number of halogens is 2. The molecule has 1 N–H and O–H groups in total. The summed E-state index contributed by atoms with van der Waals surface area (Å²) in [5, 5.41) is 10.5. The van der Waals surface area contributed by atoms with Gasteiger partial charge in [-0.2, -0.15) is 0 Å². The zero-order valence-electron chi connectivity index (χ0n) is 8.86. The van der Waals surface area contributed by atoms with Crippen LogP contribution in [0.1, 0.15) is 24.8 Å². The standard InChI is InChI=1S/C11H10BrClN2O2/c12-8-5-4-7(17-8)11-14-10(13)6-2-1-3-9(16)15(6)11/h4-5,9,16H,1-3H2. The molecule has 1 atom stereocenters. The molecule has 0 aliphatic carbocycles. The normalized spacial score (nSPS) is 19.4. The molecule has 6 heteroatoms. The number of fused-ring (bicyclic) bond motifs is 1. The predicted octanol–water partition coefficient (Wildman–Crippen LogP) is 3.39. The van der Waals surface area contributed by atoms with Crippen molar-refractivity contribution in [1.82, 2.24) is 9.55 Å². The molecule has 2 aromatic rings. The van der Waals surface area contributed by atoms with Gasteiger partial charge in [0.2, 0.25) is 0 Å². The van der Waals surface area contributed by atoms with Gasteiger partial charge in [0.15, 0.2) is 21.4 Å². The van der Waals surface area contributed by atoms with Crippen LogP contribution in [0, 0.1) is 0 Å². The van der Waals surface area contributed by atoms with E-state index >= 15 is 0 Å². The Morgan fingerprint density at radius 1 is 1.53 bits per heavy atom. The van der Waals surface area contributed by atoms with Crippen LogP contribution in [0.4, 0.5) is 0 Å². The lowest BCUT2D eigenvalue weighted by Crippen LogP contribution is -2.17. The van der Waals surface area contributed by atoms with Gasteiger partial charge in [-0.3, -0.25) is 4.57 Å². The quantitative estimate of drug-likeness (QED) is 0.877. The topological polar surface area (TPSA) is 51.2 Å². The summed E-state index contributed by atoms with van der Waals surface area (Å²) < 4.78 is 7.85. The molecule has 2 aromatic heterocycles. The van der Waals surface area contributed by atoms with Gasteiger partial charge in [-0.05, 0) is 47.3 Å². The molecule has 0 radical (unpaired) electrons. The summed E-state index contributed by atoms with van der Waals surface area (Å²) in [7, 11) is 0. The van der Waals surface area contributed by atoms with Gasteiger partial charge >= 0.3 is 0 Å². The second-order valence-electron chi connectivity index (χ2n) is 4.02. The SMILES string of the molecule is OC1CCCc2c(Cl)nc(-c3ccc(Br)o3)n21. The summed E-state index contributed by atoms with van der Waals surface area (Å²) >= 11 is 9.34. The molecule has 1 aliphatic rings. The maximum absolute atomic E-state index is 10.0. The first-order chi connectivity index (χ1) is 8.16. The lowest BCUT2D eigenvalue weighted by atomic mass is 10.1. The van der Waals surface area contributed by atoms with Crippen LogP contribution in [-0.2, 0) is 6.42 Å². The highest BCUT2D eigenvalue weighted by atomic mass is 79.9. The van der Waals surface area contributed by atoms with E-state index in [1.165, 1.54) is 0 Å². The molecule has 0 fully saturated rings. The van der Waals surface area contributed by atoms with Crippen LogP contribution in [0.3, 0.4) is 0 Å². The smallest absolute Gasteiger partial charge is 0.180 e. The third kappa shape index (κ3) is 1.82. The van der Waals surface area contributed by atoms with E-state index in [-0.39, 0.29) is 0 Å². The number of hydrogen-bond acceptors (Lipinski definition) is 3. The lowest BCUT2D eigenvalue weighted by Gasteiger charge is -2.22. The fraction of sp³-hybridized carbons (Fsp3) is 0.364. The summed E-state index contributed by atoms with van der Waals surface area (Å²) in [5.74, 6) is 1.19. The average molecular weight is 318 g/mol. The number of hydrogen-bond donors (Lipinski definition) is 1. The summed E-state index contributed by atoms with van der Waals surface area (Å²) in [4.78, 5) is 4.28. The molecule has 4 nitrogen and oxygen atoms in total. The van der Waals surface area contributed by atoms with Gasteiger partial charge in [0.25, 0.3) is 0 Å². The Morgan fingerprint density at radius 3 is 3.06 bits per heavy atom. The number of aliphatic hydroxyl groups is 1. The van der Waals surface area contributed by atoms with Crippen molar-refractivity contribution < 1.29 is 9.52 Å². The Kier molecular flexibility index (Phi) is 2.77. The van der Waals surface area contributed by atoms with Crippen molar-refractivity contribution in [3.8, 4) is 11.6 Å². The second kappa shape index (κ2) is 4.15. The minimum Gasteiger partial charge on any atom is -0.446 e. The molecule has 17 heavy (non-hydrogen) atoms. The van der Waals surface area contributed by atoms with E-state index in [9.17, 15) is 5.11 Å². The molecular formula is C11H10BrClN2O2. The first kappa shape index (κ1) is 11.3. The molecule has 0 aromatic carbocycles. The number of aromatic nitrogens is 2. The van der Waals surface area contributed by atoms with Gasteiger partial charge in [-0.1, -0.05) is 11.6 Å². The number of aliphatic hydroxyl groups excluding tert-OH is 1. The fourth-order valence-corrected chi connectivity index (χ4v) is 2.74. The van der Waals surface area contributed by atoms with Gasteiger partial charge < -0.3 is 9.52 Å². The van der Waals surface area contributed by atoms with Crippen molar-refractivity contribution in [3.05, 3.63) is 27.6 Å². The maximum atomic E-state index is 10.0. The third-order valence-electron chi connectivity index (χ3n) is 2.93. The highest BCUT2D eigenvalue weighted by molar-refractivity contribution is 9.10. The van der Waals surface area contributed by atoms with Crippen molar-refractivity contribution in [3.63, 3.8) is 0 Å². The molecule has 1 aliphatic heterocycles. The number of imidazole rings is 1. The second-order valence-corrected chi connectivity index (χ2v) is 5.16. The zero-order valence-corrected chi connectivity index (χ0v) is 11.2. The molecule has 3 heterocycles. The summed E-state index contributed by atoms with van der Waals surface area (Å²) in [6.45, 7) is 0. The average Bonchev–Trinajstić information content (AvgIpc) is 2.85. The molecule has 0 spiro atoms. The summed E-state index contributed by atoms with van der Waals surface area (Å²) in [5.41, 5.74) is 0.882. The highest BCUT2D eigenvalue weighted by Gasteiger charge is 2.26.